The van der Waals surface area contributed by atoms with E-state index in [-0.39, 0.29) is 4.90 Å². The van der Waals surface area contributed by atoms with Crippen LogP contribution in [0.25, 0.3) is 0 Å². The van der Waals surface area contributed by atoms with E-state index < -0.39 is 15.9 Å². The third-order valence-corrected chi connectivity index (χ3v) is 7.00. The SMILES string of the molecule is CC1CCc2sc(C(=O)NNS(=O)(=O)c3ccc(Br)cc3)cc2C1. The molecule has 8 heteroatoms. The first-order valence-electron chi connectivity index (χ1n) is 7.54. The lowest BCUT2D eigenvalue weighted by molar-refractivity contribution is 0.0949. The summed E-state index contributed by atoms with van der Waals surface area (Å²) in [6.45, 7) is 2.20. The van der Waals surface area contributed by atoms with E-state index in [1.807, 2.05) is 6.07 Å². The maximum atomic E-state index is 12.2. The molecule has 2 N–H and O–H groups in total. The summed E-state index contributed by atoms with van der Waals surface area (Å²) in [4.78, 5) is 16.2. The monoisotopic (exact) mass is 428 g/mol. The van der Waals surface area contributed by atoms with Gasteiger partial charge in [0.1, 0.15) is 0 Å². The highest BCUT2D eigenvalue weighted by molar-refractivity contribution is 9.10. The summed E-state index contributed by atoms with van der Waals surface area (Å²) in [5.74, 6) is 0.196. The highest BCUT2D eigenvalue weighted by atomic mass is 79.9. The van der Waals surface area contributed by atoms with Gasteiger partial charge in [-0.3, -0.25) is 10.2 Å². The van der Waals surface area contributed by atoms with Crippen LogP contribution in [-0.4, -0.2) is 14.3 Å². The van der Waals surface area contributed by atoms with E-state index in [1.165, 1.54) is 33.9 Å². The average Bonchev–Trinajstić information content (AvgIpc) is 2.96. The van der Waals surface area contributed by atoms with E-state index in [2.05, 4.69) is 33.1 Å². The number of amides is 1. The van der Waals surface area contributed by atoms with Gasteiger partial charge in [-0.2, -0.15) is 0 Å². The maximum Gasteiger partial charge on any atom is 0.276 e. The van der Waals surface area contributed by atoms with Crippen LogP contribution in [0.5, 0.6) is 0 Å². The van der Waals surface area contributed by atoms with Crippen LogP contribution in [0, 0.1) is 5.92 Å². The van der Waals surface area contributed by atoms with E-state index >= 15 is 0 Å². The second-order valence-corrected chi connectivity index (χ2v) is 9.66. The molecule has 0 spiro atoms. The van der Waals surface area contributed by atoms with Gasteiger partial charge in [-0.1, -0.05) is 22.9 Å². The quantitative estimate of drug-likeness (QED) is 0.733. The van der Waals surface area contributed by atoms with Gasteiger partial charge in [-0.05, 0) is 61.1 Å². The summed E-state index contributed by atoms with van der Waals surface area (Å²) in [6.07, 6.45) is 3.09. The van der Waals surface area contributed by atoms with Crippen LogP contribution in [0.15, 0.2) is 39.7 Å². The number of nitrogens with one attached hydrogen (secondary N) is 2. The molecule has 0 aliphatic heterocycles. The van der Waals surface area contributed by atoms with Crippen LogP contribution in [0.1, 0.15) is 33.5 Å². The smallest absolute Gasteiger partial charge is 0.273 e. The molecule has 1 unspecified atom stereocenters. The van der Waals surface area contributed by atoms with Gasteiger partial charge in [-0.15, -0.1) is 16.2 Å². The van der Waals surface area contributed by atoms with Gasteiger partial charge in [0.25, 0.3) is 15.9 Å². The molecule has 0 fully saturated rings. The van der Waals surface area contributed by atoms with Crippen LogP contribution >= 0.6 is 27.3 Å². The molecule has 1 amide bonds. The summed E-state index contributed by atoms with van der Waals surface area (Å²) >= 11 is 4.69. The van der Waals surface area contributed by atoms with Crippen LogP contribution in [-0.2, 0) is 22.9 Å². The Morgan fingerprint density at radius 3 is 2.71 bits per heavy atom. The average molecular weight is 429 g/mol. The number of aryl methyl sites for hydroxylation is 1. The molecule has 1 aliphatic carbocycles. The molecule has 1 aliphatic rings. The first-order valence-corrected chi connectivity index (χ1v) is 10.6. The maximum absolute atomic E-state index is 12.2. The zero-order valence-corrected chi connectivity index (χ0v) is 16.2. The summed E-state index contributed by atoms with van der Waals surface area (Å²) in [7, 11) is -3.79. The first kappa shape index (κ1) is 17.6. The number of halogens is 1. The Labute approximate surface area is 153 Å². The van der Waals surface area contributed by atoms with Gasteiger partial charge in [0.2, 0.25) is 0 Å². The highest BCUT2D eigenvalue weighted by Gasteiger charge is 2.22. The molecule has 24 heavy (non-hydrogen) atoms. The summed E-state index contributed by atoms with van der Waals surface area (Å²) in [5.41, 5.74) is 3.50. The Kier molecular flexibility index (Phi) is 5.10. The lowest BCUT2D eigenvalue weighted by Gasteiger charge is -2.16. The number of hydrogen-bond acceptors (Lipinski definition) is 4. The van der Waals surface area contributed by atoms with E-state index in [0.29, 0.717) is 10.8 Å². The molecule has 2 aromatic rings. The van der Waals surface area contributed by atoms with Crippen molar-refractivity contribution in [2.24, 2.45) is 5.92 Å². The number of carbonyl (C=O) groups is 1. The Morgan fingerprint density at radius 2 is 2.00 bits per heavy atom. The first-order chi connectivity index (χ1) is 11.3. The van der Waals surface area contributed by atoms with Gasteiger partial charge in [0.15, 0.2) is 0 Å². The molecular weight excluding hydrogens is 412 g/mol. The molecule has 0 saturated carbocycles. The molecule has 1 atom stereocenters. The third-order valence-electron chi connectivity index (χ3n) is 3.98. The molecule has 1 aromatic carbocycles. The van der Waals surface area contributed by atoms with E-state index in [1.54, 1.807) is 12.1 Å². The second kappa shape index (κ2) is 6.95. The van der Waals surface area contributed by atoms with Crippen LogP contribution < -0.4 is 10.3 Å². The Bertz CT molecular complexity index is 860. The van der Waals surface area contributed by atoms with Gasteiger partial charge in [0.05, 0.1) is 9.77 Å². The van der Waals surface area contributed by atoms with Crippen molar-refractivity contribution in [2.75, 3.05) is 0 Å². The van der Waals surface area contributed by atoms with Crippen molar-refractivity contribution in [2.45, 2.75) is 31.1 Å². The molecule has 0 saturated heterocycles. The molecule has 128 valence electrons. The highest BCUT2D eigenvalue weighted by Crippen LogP contribution is 2.32. The van der Waals surface area contributed by atoms with E-state index in [0.717, 1.165) is 23.7 Å². The standard InChI is InChI=1S/C16H17BrN2O3S2/c1-10-2-7-14-11(8-10)9-15(23-14)16(20)18-19-24(21,22)13-5-3-12(17)4-6-13/h3-6,9-10,19H,2,7-8H2,1H3,(H,18,20). The van der Waals surface area contributed by atoms with Gasteiger partial charge in [-0.25, -0.2) is 8.42 Å². The number of rotatable bonds is 4. The van der Waals surface area contributed by atoms with Gasteiger partial charge < -0.3 is 0 Å². The van der Waals surface area contributed by atoms with Crippen molar-refractivity contribution in [1.82, 2.24) is 10.3 Å². The fraction of sp³-hybridized carbons (Fsp3) is 0.312. The third kappa shape index (κ3) is 3.88. The number of fused-ring (bicyclic) bond motifs is 1. The van der Waals surface area contributed by atoms with Crippen LogP contribution in [0.4, 0.5) is 0 Å². The normalized spacial score (nSPS) is 17.3. The molecule has 5 nitrogen and oxygen atoms in total. The number of sulfonamides is 1. The summed E-state index contributed by atoms with van der Waals surface area (Å²) in [5, 5.41) is 0. The molecule has 0 bridgehead atoms. The van der Waals surface area contributed by atoms with Crippen molar-refractivity contribution in [3.05, 3.63) is 50.1 Å². The van der Waals surface area contributed by atoms with Crippen LogP contribution in [0.3, 0.4) is 0 Å². The van der Waals surface area contributed by atoms with Crippen molar-refractivity contribution in [1.29, 1.82) is 0 Å². The molecule has 3 rings (SSSR count). The molecule has 0 radical (unpaired) electrons. The van der Waals surface area contributed by atoms with Crippen LogP contribution in [0.2, 0.25) is 0 Å². The predicted molar refractivity (Wildman–Crippen MR) is 97.4 cm³/mol. The molecule has 1 aromatic heterocycles. The minimum absolute atomic E-state index is 0.0882. The number of hydrogen-bond donors (Lipinski definition) is 2. The largest absolute Gasteiger partial charge is 0.276 e. The fourth-order valence-electron chi connectivity index (χ4n) is 2.67. The zero-order chi connectivity index (χ0) is 17.3. The van der Waals surface area contributed by atoms with Crippen molar-refractivity contribution >= 4 is 43.2 Å². The van der Waals surface area contributed by atoms with E-state index in [9.17, 15) is 13.2 Å². The number of thiophene rings is 1. The van der Waals surface area contributed by atoms with E-state index in [4.69, 9.17) is 0 Å². The van der Waals surface area contributed by atoms with Gasteiger partial charge >= 0.3 is 0 Å². The number of carbonyl (C=O) groups excluding carboxylic acids is 1. The lowest BCUT2D eigenvalue weighted by atomic mass is 9.90. The Hall–Kier alpha value is -1.22. The fourth-order valence-corrected chi connectivity index (χ4v) is 4.87. The summed E-state index contributed by atoms with van der Waals surface area (Å²) < 4.78 is 25.1. The lowest BCUT2D eigenvalue weighted by Crippen LogP contribution is -2.41. The molecule has 1 heterocycles. The van der Waals surface area contributed by atoms with Gasteiger partial charge in [0, 0.05) is 9.35 Å². The minimum Gasteiger partial charge on any atom is -0.273 e. The molecular formula is C16H17BrN2O3S2. The summed E-state index contributed by atoms with van der Waals surface area (Å²) in [6, 6.07) is 8.06. The van der Waals surface area contributed by atoms with Crippen molar-refractivity contribution < 1.29 is 13.2 Å². The van der Waals surface area contributed by atoms with Crippen molar-refractivity contribution in [3.63, 3.8) is 0 Å². The number of benzene rings is 1. The van der Waals surface area contributed by atoms with Crippen molar-refractivity contribution in [3.8, 4) is 0 Å². The second-order valence-electron chi connectivity index (χ2n) is 5.92. The zero-order valence-electron chi connectivity index (χ0n) is 13.0. The predicted octanol–water partition coefficient (Wildman–Crippen LogP) is 3.26. The minimum atomic E-state index is -3.79. The number of hydrazine groups is 1. The Morgan fingerprint density at radius 1 is 1.29 bits per heavy atom. The Balaban J connectivity index is 1.68. The topological polar surface area (TPSA) is 75.3 Å².